The summed E-state index contributed by atoms with van der Waals surface area (Å²) in [7, 11) is 1.97. The van der Waals surface area contributed by atoms with Crippen molar-refractivity contribution < 1.29 is 0 Å². The van der Waals surface area contributed by atoms with Crippen molar-refractivity contribution in [1.82, 2.24) is 20.3 Å². The van der Waals surface area contributed by atoms with Gasteiger partial charge in [-0.05, 0) is 58.0 Å². The number of rotatable bonds is 5. The lowest BCUT2D eigenvalue weighted by Crippen LogP contribution is -2.10. The van der Waals surface area contributed by atoms with E-state index in [0.717, 1.165) is 42.2 Å². The molecule has 0 aliphatic heterocycles. The van der Waals surface area contributed by atoms with E-state index in [0.29, 0.717) is 0 Å². The molecule has 0 spiro atoms. The second kappa shape index (κ2) is 6.38. The first-order valence-corrected chi connectivity index (χ1v) is 6.61. The maximum Gasteiger partial charge on any atom is 0.159 e. The van der Waals surface area contributed by atoms with E-state index in [2.05, 4.69) is 34.1 Å². The van der Waals surface area contributed by atoms with Gasteiger partial charge < -0.3 is 5.32 Å². The van der Waals surface area contributed by atoms with Gasteiger partial charge in [0.25, 0.3) is 0 Å². The van der Waals surface area contributed by atoms with Crippen molar-refractivity contribution in [2.24, 2.45) is 0 Å². The van der Waals surface area contributed by atoms with E-state index in [-0.39, 0.29) is 0 Å². The van der Waals surface area contributed by atoms with Gasteiger partial charge in [-0.15, -0.1) is 0 Å². The monoisotopic (exact) mass is 256 g/mol. The summed E-state index contributed by atoms with van der Waals surface area (Å²) in [5, 5.41) is 3.17. The molecule has 19 heavy (non-hydrogen) atoms. The van der Waals surface area contributed by atoms with Crippen LogP contribution in [0.3, 0.4) is 0 Å². The summed E-state index contributed by atoms with van der Waals surface area (Å²) in [5.74, 6) is 0.787. The highest BCUT2D eigenvalue weighted by Crippen LogP contribution is 2.19. The van der Waals surface area contributed by atoms with E-state index in [9.17, 15) is 0 Å². The number of nitrogens with one attached hydrogen (secondary N) is 1. The van der Waals surface area contributed by atoms with Crippen LogP contribution in [0.5, 0.6) is 0 Å². The highest BCUT2D eigenvalue weighted by Gasteiger charge is 2.09. The summed E-state index contributed by atoms with van der Waals surface area (Å²) in [4.78, 5) is 13.3. The van der Waals surface area contributed by atoms with Crippen molar-refractivity contribution in [1.29, 1.82) is 0 Å². The number of hydrogen-bond donors (Lipinski definition) is 1. The molecule has 0 saturated carbocycles. The largest absolute Gasteiger partial charge is 0.320 e. The van der Waals surface area contributed by atoms with E-state index < -0.39 is 0 Å². The molecule has 0 bridgehead atoms. The van der Waals surface area contributed by atoms with Gasteiger partial charge in [-0.3, -0.25) is 4.98 Å². The summed E-state index contributed by atoms with van der Waals surface area (Å²) in [6, 6.07) is 3.88. The zero-order valence-corrected chi connectivity index (χ0v) is 11.8. The van der Waals surface area contributed by atoms with Crippen molar-refractivity contribution in [2.75, 3.05) is 13.6 Å². The van der Waals surface area contributed by atoms with Crippen LogP contribution < -0.4 is 5.32 Å². The molecule has 2 aromatic heterocycles. The molecular formula is C15H20N4. The number of aromatic nitrogens is 3. The van der Waals surface area contributed by atoms with Gasteiger partial charge in [0, 0.05) is 29.3 Å². The lowest BCUT2D eigenvalue weighted by atomic mass is 10.1. The molecule has 4 heteroatoms. The molecule has 2 heterocycles. The molecule has 0 aliphatic rings. The minimum Gasteiger partial charge on any atom is -0.320 e. The molecule has 0 atom stereocenters. The first-order chi connectivity index (χ1) is 9.22. The van der Waals surface area contributed by atoms with Crippen LogP contribution in [0.25, 0.3) is 11.4 Å². The summed E-state index contributed by atoms with van der Waals surface area (Å²) in [6.07, 6.45) is 5.67. The second-order valence-corrected chi connectivity index (χ2v) is 4.64. The zero-order valence-electron chi connectivity index (χ0n) is 11.8. The molecule has 100 valence electrons. The van der Waals surface area contributed by atoms with Crippen molar-refractivity contribution in [3.63, 3.8) is 0 Å². The Morgan fingerprint density at radius 1 is 1.05 bits per heavy atom. The molecule has 1 N–H and O–H groups in total. The average molecular weight is 256 g/mol. The third-order valence-electron chi connectivity index (χ3n) is 3.21. The Labute approximate surface area is 114 Å². The molecule has 0 unspecified atom stereocenters. The van der Waals surface area contributed by atoms with Crippen LogP contribution in [0.15, 0.2) is 24.5 Å². The van der Waals surface area contributed by atoms with Crippen molar-refractivity contribution in [3.05, 3.63) is 41.5 Å². The fourth-order valence-electron chi connectivity index (χ4n) is 2.17. The Kier molecular flexibility index (Phi) is 4.58. The smallest absolute Gasteiger partial charge is 0.159 e. The lowest BCUT2D eigenvalue weighted by Gasteiger charge is -2.10. The molecule has 0 saturated heterocycles. The molecule has 4 nitrogen and oxygen atoms in total. The molecule has 0 fully saturated rings. The molecule has 0 aromatic carbocycles. The van der Waals surface area contributed by atoms with E-state index in [1.54, 1.807) is 12.4 Å². The summed E-state index contributed by atoms with van der Waals surface area (Å²) in [6.45, 7) is 5.15. The standard InChI is InChI=1S/C15H20N4/c1-11-14(5-4-8-16-3)12(2)19-15(18-11)13-6-9-17-10-7-13/h6-7,9-10,16H,4-5,8H2,1-3H3. The second-order valence-electron chi connectivity index (χ2n) is 4.64. The first kappa shape index (κ1) is 13.6. The molecule has 0 aliphatic carbocycles. The minimum absolute atomic E-state index is 0.787. The zero-order chi connectivity index (χ0) is 13.7. The quantitative estimate of drug-likeness (QED) is 0.834. The van der Waals surface area contributed by atoms with E-state index >= 15 is 0 Å². The normalized spacial score (nSPS) is 10.7. The molecular weight excluding hydrogens is 236 g/mol. The minimum atomic E-state index is 0.787. The van der Waals surface area contributed by atoms with Crippen LogP contribution in [0.4, 0.5) is 0 Å². The van der Waals surface area contributed by atoms with Crippen molar-refractivity contribution in [3.8, 4) is 11.4 Å². The van der Waals surface area contributed by atoms with Gasteiger partial charge in [0.1, 0.15) is 0 Å². The predicted molar refractivity (Wildman–Crippen MR) is 77.0 cm³/mol. The number of hydrogen-bond acceptors (Lipinski definition) is 4. The molecule has 0 radical (unpaired) electrons. The summed E-state index contributed by atoms with van der Waals surface area (Å²) < 4.78 is 0. The number of nitrogens with zero attached hydrogens (tertiary/aromatic N) is 3. The van der Waals surface area contributed by atoms with Crippen LogP contribution in [0.2, 0.25) is 0 Å². The van der Waals surface area contributed by atoms with Gasteiger partial charge in [0.15, 0.2) is 5.82 Å². The van der Waals surface area contributed by atoms with Crippen LogP contribution in [0.1, 0.15) is 23.4 Å². The molecule has 2 aromatic rings. The average Bonchev–Trinajstić information content (AvgIpc) is 2.43. The number of pyridine rings is 1. The maximum atomic E-state index is 4.62. The van der Waals surface area contributed by atoms with Crippen LogP contribution in [0, 0.1) is 13.8 Å². The maximum absolute atomic E-state index is 4.62. The lowest BCUT2D eigenvalue weighted by molar-refractivity contribution is 0.715. The van der Waals surface area contributed by atoms with E-state index in [1.165, 1.54) is 5.56 Å². The van der Waals surface area contributed by atoms with Crippen LogP contribution >= 0.6 is 0 Å². The Morgan fingerprint density at radius 2 is 1.68 bits per heavy atom. The Balaban J connectivity index is 2.26. The van der Waals surface area contributed by atoms with Gasteiger partial charge in [-0.25, -0.2) is 9.97 Å². The van der Waals surface area contributed by atoms with Gasteiger partial charge in [0.05, 0.1) is 0 Å². The topological polar surface area (TPSA) is 50.7 Å². The Hall–Kier alpha value is -1.81. The highest BCUT2D eigenvalue weighted by atomic mass is 14.9. The molecule has 0 amide bonds. The summed E-state index contributed by atoms with van der Waals surface area (Å²) in [5.41, 5.74) is 4.45. The fourth-order valence-corrected chi connectivity index (χ4v) is 2.17. The first-order valence-electron chi connectivity index (χ1n) is 6.61. The van der Waals surface area contributed by atoms with E-state index in [1.807, 2.05) is 19.2 Å². The number of aryl methyl sites for hydroxylation is 2. The van der Waals surface area contributed by atoms with Gasteiger partial charge in [-0.1, -0.05) is 0 Å². The van der Waals surface area contributed by atoms with E-state index in [4.69, 9.17) is 0 Å². The van der Waals surface area contributed by atoms with Crippen molar-refractivity contribution in [2.45, 2.75) is 26.7 Å². The Morgan fingerprint density at radius 3 is 2.26 bits per heavy atom. The fraction of sp³-hybridized carbons (Fsp3) is 0.400. The Bertz CT molecular complexity index is 514. The van der Waals surface area contributed by atoms with Crippen LogP contribution in [-0.2, 0) is 6.42 Å². The van der Waals surface area contributed by atoms with Gasteiger partial charge in [-0.2, -0.15) is 0 Å². The van der Waals surface area contributed by atoms with Crippen LogP contribution in [-0.4, -0.2) is 28.5 Å². The molecule has 2 rings (SSSR count). The third-order valence-corrected chi connectivity index (χ3v) is 3.21. The van der Waals surface area contributed by atoms with Crippen molar-refractivity contribution >= 4 is 0 Å². The third kappa shape index (κ3) is 3.35. The van der Waals surface area contributed by atoms with Gasteiger partial charge in [0.2, 0.25) is 0 Å². The highest BCUT2D eigenvalue weighted by molar-refractivity contribution is 5.54. The van der Waals surface area contributed by atoms with Gasteiger partial charge >= 0.3 is 0 Å². The predicted octanol–water partition coefficient (Wildman–Crippen LogP) is 2.31. The summed E-state index contributed by atoms with van der Waals surface area (Å²) >= 11 is 0. The SMILES string of the molecule is CNCCCc1c(C)nc(-c2ccncc2)nc1C.